The molecule has 0 fully saturated rings. The van der Waals surface area contributed by atoms with Crippen molar-refractivity contribution in [2.75, 3.05) is 5.32 Å². The number of anilines is 1. The van der Waals surface area contributed by atoms with Crippen molar-refractivity contribution in [2.45, 2.75) is 26.4 Å². The highest BCUT2D eigenvalue weighted by atomic mass is 16.5. The number of para-hydroxylation sites is 1. The first-order chi connectivity index (χ1) is 11.1. The van der Waals surface area contributed by atoms with E-state index in [1.54, 1.807) is 0 Å². The predicted molar refractivity (Wildman–Crippen MR) is 88.5 cm³/mol. The summed E-state index contributed by atoms with van der Waals surface area (Å²) in [4.78, 5) is 12.2. The van der Waals surface area contributed by atoms with Crippen LogP contribution in [0.3, 0.4) is 0 Å². The van der Waals surface area contributed by atoms with Gasteiger partial charge in [-0.15, -0.1) is 0 Å². The molecule has 118 valence electrons. The molecule has 0 aliphatic rings. The first-order valence-corrected chi connectivity index (χ1v) is 7.51. The van der Waals surface area contributed by atoms with Crippen molar-refractivity contribution in [3.8, 4) is 5.75 Å². The molecule has 0 atom stereocenters. The lowest BCUT2D eigenvalue weighted by molar-refractivity contribution is -0.115. The van der Waals surface area contributed by atoms with Gasteiger partial charge in [0.05, 0.1) is 12.5 Å². The number of benzene rings is 2. The molecular weight excluding hydrogens is 292 g/mol. The number of nitrogens with zero attached hydrogens (tertiary/aromatic N) is 1. The van der Waals surface area contributed by atoms with E-state index in [1.165, 1.54) is 0 Å². The molecule has 23 heavy (non-hydrogen) atoms. The van der Waals surface area contributed by atoms with E-state index in [4.69, 9.17) is 9.26 Å². The highest BCUT2D eigenvalue weighted by Gasteiger charge is 2.12. The smallest absolute Gasteiger partial charge is 0.230 e. The molecule has 3 rings (SSSR count). The average Bonchev–Trinajstić information content (AvgIpc) is 2.92. The van der Waals surface area contributed by atoms with Crippen LogP contribution < -0.4 is 10.1 Å². The van der Waals surface area contributed by atoms with Crippen molar-refractivity contribution in [1.29, 1.82) is 0 Å². The minimum absolute atomic E-state index is 0.121. The highest BCUT2D eigenvalue weighted by molar-refractivity contribution is 5.94. The molecule has 0 radical (unpaired) electrons. The number of rotatable bonds is 5. The zero-order valence-electron chi connectivity index (χ0n) is 13.1. The van der Waals surface area contributed by atoms with Gasteiger partial charge in [-0.05, 0) is 50.2 Å². The number of ether oxygens (including phenoxy) is 1. The van der Waals surface area contributed by atoms with Crippen LogP contribution in [-0.4, -0.2) is 17.2 Å². The molecule has 1 amide bonds. The van der Waals surface area contributed by atoms with E-state index < -0.39 is 0 Å². The van der Waals surface area contributed by atoms with Gasteiger partial charge >= 0.3 is 0 Å². The Morgan fingerprint density at radius 1 is 1.17 bits per heavy atom. The quantitative estimate of drug-likeness (QED) is 0.778. The number of hydrogen-bond donors (Lipinski definition) is 1. The van der Waals surface area contributed by atoms with Crippen molar-refractivity contribution >= 4 is 22.6 Å². The molecule has 0 bridgehead atoms. The second-order valence-electron chi connectivity index (χ2n) is 5.54. The second-order valence-corrected chi connectivity index (χ2v) is 5.54. The summed E-state index contributed by atoms with van der Waals surface area (Å²) in [5.74, 6) is 0.641. The molecule has 1 aromatic heterocycles. The van der Waals surface area contributed by atoms with E-state index in [0.29, 0.717) is 11.3 Å². The van der Waals surface area contributed by atoms with Crippen molar-refractivity contribution in [2.24, 2.45) is 0 Å². The zero-order chi connectivity index (χ0) is 16.2. The minimum atomic E-state index is -0.137. The van der Waals surface area contributed by atoms with Crippen LogP contribution in [0.25, 0.3) is 11.0 Å². The summed E-state index contributed by atoms with van der Waals surface area (Å²) >= 11 is 0. The topological polar surface area (TPSA) is 64.4 Å². The standard InChI is InChI=1S/C18H18N2O3/c1-12(2)22-14-9-7-13(8-10-14)19-18(21)11-16-15-5-3-4-6-17(15)23-20-16/h3-10,12H,11H2,1-2H3,(H,19,21). The Balaban J connectivity index is 1.65. The summed E-state index contributed by atoms with van der Waals surface area (Å²) in [7, 11) is 0. The van der Waals surface area contributed by atoms with E-state index in [2.05, 4.69) is 10.5 Å². The van der Waals surface area contributed by atoms with Crippen LogP contribution in [0.5, 0.6) is 5.75 Å². The van der Waals surface area contributed by atoms with Gasteiger partial charge in [0.1, 0.15) is 11.4 Å². The number of hydrogen-bond acceptors (Lipinski definition) is 4. The Bertz CT molecular complexity index is 807. The summed E-state index contributed by atoms with van der Waals surface area (Å²) in [5.41, 5.74) is 2.04. The van der Waals surface area contributed by atoms with Crippen LogP contribution in [0.4, 0.5) is 5.69 Å². The van der Waals surface area contributed by atoms with E-state index in [0.717, 1.165) is 16.8 Å². The van der Waals surface area contributed by atoms with E-state index >= 15 is 0 Å². The first kappa shape index (κ1) is 15.1. The fraction of sp³-hybridized carbons (Fsp3) is 0.222. The first-order valence-electron chi connectivity index (χ1n) is 7.51. The normalized spacial score (nSPS) is 10.9. The molecule has 2 aromatic carbocycles. The molecule has 0 unspecified atom stereocenters. The number of carbonyl (C=O) groups is 1. The van der Waals surface area contributed by atoms with Gasteiger partial charge in [-0.2, -0.15) is 0 Å². The monoisotopic (exact) mass is 310 g/mol. The Morgan fingerprint density at radius 3 is 2.65 bits per heavy atom. The molecule has 0 saturated carbocycles. The number of aromatic nitrogens is 1. The third kappa shape index (κ3) is 3.69. The van der Waals surface area contributed by atoms with Crippen LogP contribution in [0.1, 0.15) is 19.5 Å². The Morgan fingerprint density at radius 2 is 1.91 bits per heavy atom. The minimum Gasteiger partial charge on any atom is -0.491 e. The molecule has 1 N–H and O–H groups in total. The third-order valence-corrected chi connectivity index (χ3v) is 3.29. The number of fused-ring (bicyclic) bond motifs is 1. The Hall–Kier alpha value is -2.82. The molecule has 1 heterocycles. The van der Waals surface area contributed by atoms with Crippen molar-refractivity contribution in [3.63, 3.8) is 0 Å². The molecule has 5 heteroatoms. The predicted octanol–water partition coefficient (Wildman–Crippen LogP) is 3.80. The summed E-state index contributed by atoms with van der Waals surface area (Å²) < 4.78 is 10.8. The average molecular weight is 310 g/mol. The van der Waals surface area contributed by atoms with Gasteiger partial charge in [0.25, 0.3) is 0 Å². The van der Waals surface area contributed by atoms with Crippen LogP contribution in [0.15, 0.2) is 53.1 Å². The summed E-state index contributed by atoms with van der Waals surface area (Å²) in [6.45, 7) is 3.94. The fourth-order valence-corrected chi connectivity index (χ4v) is 2.31. The zero-order valence-corrected chi connectivity index (χ0v) is 13.1. The number of nitrogens with one attached hydrogen (secondary N) is 1. The summed E-state index contributed by atoms with van der Waals surface area (Å²) in [5, 5.41) is 7.68. The Labute approximate surface area is 134 Å². The van der Waals surface area contributed by atoms with E-state index in [-0.39, 0.29) is 18.4 Å². The second kappa shape index (κ2) is 6.52. The van der Waals surface area contributed by atoms with Gasteiger partial charge < -0.3 is 14.6 Å². The molecule has 0 saturated heterocycles. The molecule has 5 nitrogen and oxygen atoms in total. The van der Waals surface area contributed by atoms with Gasteiger partial charge in [-0.3, -0.25) is 4.79 Å². The molecule has 0 aliphatic heterocycles. The SMILES string of the molecule is CC(C)Oc1ccc(NC(=O)Cc2noc3ccccc23)cc1. The maximum absolute atomic E-state index is 12.2. The number of carbonyl (C=O) groups excluding carboxylic acids is 1. The van der Waals surface area contributed by atoms with Gasteiger partial charge in [0.15, 0.2) is 5.58 Å². The highest BCUT2D eigenvalue weighted by Crippen LogP contribution is 2.20. The van der Waals surface area contributed by atoms with Crippen molar-refractivity contribution in [3.05, 3.63) is 54.2 Å². The van der Waals surface area contributed by atoms with Crippen LogP contribution in [-0.2, 0) is 11.2 Å². The molecular formula is C18H18N2O3. The molecule has 0 spiro atoms. The lowest BCUT2D eigenvalue weighted by Gasteiger charge is -2.10. The lowest BCUT2D eigenvalue weighted by Crippen LogP contribution is -2.14. The van der Waals surface area contributed by atoms with Crippen molar-refractivity contribution in [1.82, 2.24) is 5.16 Å². The maximum atomic E-state index is 12.2. The molecule has 3 aromatic rings. The third-order valence-electron chi connectivity index (χ3n) is 3.29. The van der Waals surface area contributed by atoms with Crippen LogP contribution >= 0.6 is 0 Å². The largest absolute Gasteiger partial charge is 0.491 e. The van der Waals surface area contributed by atoms with Gasteiger partial charge in [0, 0.05) is 11.1 Å². The van der Waals surface area contributed by atoms with Crippen molar-refractivity contribution < 1.29 is 14.1 Å². The lowest BCUT2D eigenvalue weighted by atomic mass is 10.1. The van der Waals surface area contributed by atoms with Gasteiger partial charge in [0.2, 0.25) is 5.91 Å². The molecule has 0 aliphatic carbocycles. The summed E-state index contributed by atoms with van der Waals surface area (Å²) in [6.07, 6.45) is 0.289. The Kier molecular flexibility index (Phi) is 4.28. The van der Waals surface area contributed by atoms with Crippen LogP contribution in [0.2, 0.25) is 0 Å². The van der Waals surface area contributed by atoms with Gasteiger partial charge in [-0.25, -0.2) is 0 Å². The van der Waals surface area contributed by atoms with E-state index in [1.807, 2.05) is 62.4 Å². The fourth-order valence-electron chi connectivity index (χ4n) is 2.31. The van der Waals surface area contributed by atoms with Crippen LogP contribution in [0, 0.1) is 0 Å². The van der Waals surface area contributed by atoms with E-state index in [9.17, 15) is 4.79 Å². The number of amides is 1. The van der Waals surface area contributed by atoms with Gasteiger partial charge in [-0.1, -0.05) is 17.3 Å². The summed E-state index contributed by atoms with van der Waals surface area (Å²) in [6, 6.07) is 14.8. The maximum Gasteiger partial charge on any atom is 0.230 e.